The van der Waals surface area contributed by atoms with E-state index in [0.29, 0.717) is 6.54 Å². The van der Waals surface area contributed by atoms with Crippen LogP contribution in [0.2, 0.25) is 0 Å². The lowest BCUT2D eigenvalue weighted by atomic mass is 9.92. The van der Waals surface area contributed by atoms with E-state index in [1.54, 1.807) is 0 Å². The SMILES string of the molecule is CC(C)C(/C=C/[C@@H](NC(=O)OC(C)(C)C)C(C)C)C(=O)NCc1ccccc1. The molecule has 5 nitrogen and oxygen atoms in total. The first-order chi connectivity index (χ1) is 13.0. The van der Waals surface area contributed by atoms with E-state index in [2.05, 4.69) is 10.6 Å². The van der Waals surface area contributed by atoms with Gasteiger partial charge in [-0.05, 0) is 38.2 Å². The minimum atomic E-state index is -0.548. The van der Waals surface area contributed by atoms with Gasteiger partial charge in [-0.2, -0.15) is 0 Å². The second-order valence-electron chi connectivity index (χ2n) is 8.77. The van der Waals surface area contributed by atoms with E-state index in [1.807, 2.05) is 91.0 Å². The number of benzene rings is 1. The molecule has 1 unspecified atom stereocenters. The summed E-state index contributed by atoms with van der Waals surface area (Å²) >= 11 is 0. The van der Waals surface area contributed by atoms with E-state index in [9.17, 15) is 9.59 Å². The largest absolute Gasteiger partial charge is 0.444 e. The lowest BCUT2D eigenvalue weighted by molar-refractivity contribution is -0.124. The Morgan fingerprint density at radius 3 is 2.11 bits per heavy atom. The second kappa shape index (κ2) is 10.9. The molecule has 0 aliphatic rings. The predicted octanol–water partition coefficient (Wildman–Crippen LogP) is 4.68. The highest BCUT2D eigenvalue weighted by Gasteiger charge is 2.22. The van der Waals surface area contributed by atoms with Gasteiger partial charge in [0.2, 0.25) is 5.91 Å². The van der Waals surface area contributed by atoms with Crippen molar-refractivity contribution in [1.82, 2.24) is 10.6 Å². The fourth-order valence-electron chi connectivity index (χ4n) is 2.64. The fourth-order valence-corrected chi connectivity index (χ4v) is 2.64. The molecule has 0 saturated heterocycles. The monoisotopic (exact) mass is 388 g/mol. The van der Waals surface area contributed by atoms with Crippen LogP contribution in [0.25, 0.3) is 0 Å². The van der Waals surface area contributed by atoms with Gasteiger partial charge in [-0.15, -0.1) is 0 Å². The highest BCUT2D eigenvalue weighted by molar-refractivity contribution is 5.80. The molecule has 1 aromatic rings. The molecule has 0 spiro atoms. The summed E-state index contributed by atoms with van der Waals surface area (Å²) in [5, 5.41) is 5.89. The highest BCUT2D eigenvalue weighted by atomic mass is 16.6. The summed E-state index contributed by atoms with van der Waals surface area (Å²) in [4.78, 5) is 24.8. The third-order valence-electron chi connectivity index (χ3n) is 4.26. The van der Waals surface area contributed by atoms with Gasteiger partial charge in [0, 0.05) is 6.54 Å². The minimum absolute atomic E-state index is 0.0186. The van der Waals surface area contributed by atoms with Gasteiger partial charge in [-0.25, -0.2) is 4.79 Å². The molecule has 0 radical (unpaired) electrons. The van der Waals surface area contributed by atoms with Crippen LogP contribution in [0.5, 0.6) is 0 Å². The van der Waals surface area contributed by atoms with E-state index >= 15 is 0 Å². The van der Waals surface area contributed by atoms with Gasteiger partial charge in [0.25, 0.3) is 0 Å². The average molecular weight is 389 g/mol. The molecule has 28 heavy (non-hydrogen) atoms. The smallest absolute Gasteiger partial charge is 0.408 e. The number of hydrogen-bond donors (Lipinski definition) is 2. The van der Waals surface area contributed by atoms with E-state index < -0.39 is 11.7 Å². The number of rotatable bonds is 8. The molecule has 0 heterocycles. The second-order valence-corrected chi connectivity index (χ2v) is 8.77. The molecule has 2 amide bonds. The number of carbonyl (C=O) groups is 2. The molecule has 0 aliphatic heterocycles. The van der Waals surface area contributed by atoms with E-state index in [4.69, 9.17) is 4.74 Å². The van der Waals surface area contributed by atoms with Gasteiger partial charge in [-0.1, -0.05) is 70.2 Å². The molecular formula is C23H36N2O3. The van der Waals surface area contributed by atoms with E-state index in [0.717, 1.165) is 5.56 Å². The first kappa shape index (κ1) is 23.7. The summed E-state index contributed by atoms with van der Waals surface area (Å²) in [5.41, 5.74) is 0.515. The Morgan fingerprint density at radius 1 is 1.00 bits per heavy atom. The summed E-state index contributed by atoms with van der Waals surface area (Å²) in [6, 6.07) is 9.63. The van der Waals surface area contributed by atoms with Gasteiger partial charge in [0.1, 0.15) is 5.60 Å². The Labute approximate surface area is 169 Å². The molecular weight excluding hydrogens is 352 g/mol. The van der Waals surface area contributed by atoms with Gasteiger partial charge >= 0.3 is 6.09 Å². The first-order valence-corrected chi connectivity index (χ1v) is 9.99. The summed E-state index contributed by atoms with van der Waals surface area (Å²) in [6.07, 6.45) is 3.35. The molecule has 0 saturated carbocycles. The zero-order valence-corrected chi connectivity index (χ0v) is 18.3. The molecule has 2 N–H and O–H groups in total. The Kier molecular flexibility index (Phi) is 9.23. The first-order valence-electron chi connectivity index (χ1n) is 9.99. The Hall–Kier alpha value is -2.30. The van der Waals surface area contributed by atoms with Crippen molar-refractivity contribution in [1.29, 1.82) is 0 Å². The number of ether oxygens (including phenoxy) is 1. The van der Waals surface area contributed by atoms with Crippen LogP contribution >= 0.6 is 0 Å². The maximum Gasteiger partial charge on any atom is 0.408 e. The van der Waals surface area contributed by atoms with Gasteiger partial charge in [0.05, 0.1) is 12.0 Å². The van der Waals surface area contributed by atoms with Crippen LogP contribution in [0, 0.1) is 17.8 Å². The predicted molar refractivity (Wildman–Crippen MR) is 114 cm³/mol. The van der Waals surface area contributed by atoms with Crippen molar-refractivity contribution in [2.45, 2.75) is 66.7 Å². The minimum Gasteiger partial charge on any atom is -0.444 e. The fraction of sp³-hybridized carbons (Fsp3) is 0.565. The van der Waals surface area contributed by atoms with Crippen LogP contribution < -0.4 is 10.6 Å². The third-order valence-corrected chi connectivity index (χ3v) is 4.26. The van der Waals surface area contributed by atoms with Crippen molar-refractivity contribution in [3.63, 3.8) is 0 Å². The van der Waals surface area contributed by atoms with Crippen LogP contribution in [-0.4, -0.2) is 23.6 Å². The van der Waals surface area contributed by atoms with Crippen molar-refractivity contribution < 1.29 is 14.3 Å². The average Bonchev–Trinajstić information content (AvgIpc) is 2.58. The molecule has 5 heteroatoms. The van der Waals surface area contributed by atoms with Gasteiger partial charge < -0.3 is 15.4 Å². The molecule has 2 atom stereocenters. The molecule has 0 bridgehead atoms. The molecule has 1 aromatic carbocycles. The van der Waals surface area contributed by atoms with Crippen LogP contribution in [0.4, 0.5) is 4.79 Å². The Morgan fingerprint density at radius 2 is 1.61 bits per heavy atom. The Balaban J connectivity index is 2.75. The summed E-state index contributed by atoms with van der Waals surface area (Å²) in [5.74, 6) is 0.0191. The maximum absolute atomic E-state index is 12.7. The van der Waals surface area contributed by atoms with Crippen molar-refractivity contribution in [3.8, 4) is 0 Å². The highest BCUT2D eigenvalue weighted by Crippen LogP contribution is 2.16. The number of hydrogen-bond acceptors (Lipinski definition) is 3. The van der Waals surface area contributed by atoms with Crippen LogP contribution in [0.3, 0.4) is 0 Å². The molecule has 0 aliphatic carbocycles. The molecule has 156 valence electrons. The quantitative estimate of drug-likeness (QED) is 0.635. The molecule has 0 fully saturated rings. The number of nitrogens with one attached hydrogen (secondary N) is 2. The Bertz CT molecular complexity index is 646. The normalized spacial score (nSPS) is 14.2. The lowest BCUT2D eigenvalue weighted by Crippen LogP contribution is -2.41. The van der Waals surface area contributed by atoms with Crippen LogP contribution in [0.15, 0.2) is 42.5 Å². The zero-order valence-electron chi connectivity index (χ0n) is 18.3. The summed E-state index contributed by atoms with van der Waals surface area (Å²) < 4.78 is 5.34. The maximum atomic E-state index is 12.7. The lowest BCUT2D eigenvalue weighted by Gasteiger charge is -2.24. The van der Waals surface area contributed by atoms with Crippen molar-refractivity contribution in [2.75, 3.05) is 0 Å². The van der Waals surface area contributed by atoms with Crippen LogP contribution in [0.1, 0.15) is 54.0 Å². The van der Waals surface area contributed by atoms with E-state index in [-0.39, 0.29) is 29.7 Å². The van der Waals surface area contributed by atoms with Gasteiger partial charge in [0.15, 0.2) is 0 Å². The molecule has 1 rings (SSSR count). The summed E-state index contributed by atoms with van der Waals surface area (Å²) in [7, 11) is 0. The standard InChI is InChI=1S/C23H36N2O3/c1-16(2)19(21(26)24-15-18-11-9-8-10-12-18)13-14-20(17(3)4)25-22(27)28-23(5,6)7/h8-14,16-17,19-20H,15H2,1-7H3,(H,24,26)(H,25,27)/b14-13+/t19?,20-/m1/s1. The van der Waals surface area contributed by atoms with Crippen molar-refractivity contribution >= 4 is 12.0 Å². The van der Waals surface area contributed by atoms with Crippen molar-refractivity contribution in [3.05, 3.63) is 48.0 Å². The van der Waals surface area contributed by atoms with E-state index in [1.165, 1.54) is 0 Å². The number of carbonyl (C=O) groups excluding carboxylic acids is 2. The van der Waals surface area contributed by atoms with Crippen molar-refractivity contribution in [2.24, 2.45) is 17.8 Å². The summed E-state index contributed by atoms with van der Waals surface area (Å²) in [6.45, 7) is 14.1. The third kappa shape index (κ3) is 9.07. The van der Waals surface area contributed by atoms with Gasteiger partial charge in [-0.3, -0.25) is 4.79 Å². The molecule has 0 aromatic heterocycles. The number of amides is 2. The topological polar surface area (TPSA) is 67.4 Å². The number of alkyl carbamates (subject to hydrolysis) is 1. The van der Waals surface area contributed by atoms with Crippen LogP contribution in [-0.2, 0) is 16.1 Å². The zero-order chi connectivity index (χ0) is 21.3.